The molecule has 3 aromatic rings. The van der Waals surface area contributed by atoms with Gasteiger partial charge < -0.3 is 19.7 Å². The highest BCUT2D eigenvalue weighted by Gasteiger charge is 2.40. The zero-order chi connectivity index (χ0) is 21.8. The molecular weight excluding hydrogens is 435 g/mol. The van der Waals surface area contributed by atoms with Gasteiger partial charge in [-0.25, -0.2) is 4.98 Å². The van der Waals surface area contributed by atoms with Gasteiger partial charge in [0.1, 0.15) is 5.52 Å². The second-order valence-electron chi connectivity index (χ2n) is 7.24. The second kappa shape index (κ2) is 7.28. The van der Waals surface area contributed by atoms with Gasteiger partial charge >= 0.3 is 6.18 Å². The molecule has 0 aliphatic carbocycles. The Morgan fingerprint density at radius 2 is 1.90 bits per heavy atom. The molecule has 31 heavy (non-hydrogen) atoms. The molecule has 5 heterocycles. The Bertz CT molecular complexity index is 1160. The number of aromatic nitrogens is 6. The van der Waals surface area contributed by atoms with Gasteiger partial charge in [-0.05, 0) is 6.42 Å². The van der Waals surface area contributed by atoms with E-state index < -0.39 is 12.0 Å². The minimum atomic E-state index is -4.55. The highest BCUT2D eigenvalue weighted by atomic mass is 32.1. The van der Waals surface area contributed by atoms with E-state index in [-0.39, 0.29) is 31.4 Å². The van der Waals surface area contributed by atoms with Crippen LogP contribution in [0.4, 0.5) is 24.9 Å². The van der Waals surface area contributed by atoms with Gasteiger partial charge in [-0.3, -0.25) is 4.79 Å². The molecule has 2 aliphatic heterocycles. The van der Waals surface area contributed by atoms with E-state index in [1.807, 2.05) is 11.8 Å². The molecule has 0 radical (unpaired) electrons. The number of halogens is 3. The molecule has 5 rings (SSSR count). The number of thiazole rings is 1. The quantitative estimate of drug-likeness (QED) is 0.631. The zero-order valence-electron chi connectivity index (χ0n) is 16.5. The van der Waals surface area contributed by atoms with Crippen LogP contribution < -0.4 is 15.1 Å². The Morgan fingerprint density at radius 3 is 2.65 bits per heavy atom. The molecule has 2 aliphatic rings. The third-order valence-corrected chi connectivity index (χ3v) is 6.30. The molecule has 0 bridgehead atoms. The molecule has 3 aromatic heterocycles. The second-order valence-corrected chi connectivity index (χ2v) is 8.31. The van der Waals surface area contributed by atoms with Gasteiger partial charge in [-0.2, -0.15) is 23.1 Å². The number of fused-ring (bicyclic) bond motifs is 2. The number of amides is 1. The number of alkyl halides is 3. The molecular formula is C17H18F3N9OS. The molecule has 10 nitrogen and oxygen atoms in total. The van der Waals surface area contributed by atoms with E-state index >= 15 is 0 Å². The van der Waals surface area contributed by atoms with Crippen molar-refractivity contribution < 1.29 is 18.0 Å². The summed E-state index contributed by atoms with van der Waals surface area (Å²) in [5.74, 6) is 0.0596. The minimum absolute atomic E-state index is 0.0783. The fraction of sp³-hybridized carbons (Fsp3) is 0.529. The van der Waals surface area contributed by atoms with E-state index in [1.54, 1.807) is 4.90 Å². The Hall–Kier alpha value is -3.03. The van der Waals surface area contributed by atoms with Crippen molar-refractivity contribution in [3.63, 3.8) is 0 Å². The standard InChI is InChI=1S/C17H18F3N9OS/c1-2-11-22-12-13(23-16(24-14(12)31-11)28-4-3-21-10(30)8-28)27-5-6-29-9(7-27)25-26-15(29)17(18,19)20/h2-8H2,1H3,(H,21,30). The Kier molecular flexibility index (Phi) is 4.68. The van der Waals surface area contributed by atoms with Crippen LogP contribution in [0, 0.1) is 0 Å². The van der Waals surface area contributed by atoms with Crippen molar-refractivity contribution >= 4 is 39.4 Å². The first-order chi connectivity index (χ1) is 14.8. The number of aryl methyl sites for hydroxylation is 1. The van der Waals surface area contributed by atoms with Gasteiger partial charge in [-0.15, -0.1) is 10.2 Å². The molecule has 1 saturated heterocycles. The Morgan fingerprint density at radius 1 is 1.06 bits per heavy atom. The number of rotatable bonds is 3. The first kappa shape index (κ1) is 19.9. The van der Waals surface area contributed by atoms with Crippen molar-refractivity contribution in [3.05, 3.63) is 16.7 Å². The van der Waals surface area contributed by atoms with E-state index in [1.165, 1.54) is 11.3 Å². The number of nitrogens with one attached hydrogen (secondary N) is 1. The summed E-state index contributed by atoms with van der Waals surface area (Å²) in [4.78, 5) is 30.1. The molecule has 0 unspecified atom stereocenters. The maximum Gasteiger partial charge on any atom is 0.451 e. The molecule has 1 fully saturated rings. The lowest BCUT2D eigenvalue weighted by atomic mass is 10.3. The Balaban J connectivity index is 1.55. The van der Waals surface area contributed by atoms with Crippen LogP contribution in [-0.2, 0) is 30.5 Å². The highest BCUT2D eigenvalue weighted by Crippen LogP contribution is 2.34. The summed E-state index contributed by atoms with van der Waals surface area (Å²) in [6, 6.07) is 0. The van der Waals surface area contributed by atoms with Crippen LogP contribution in [0.25, 0.3) is 10.3 Å². The van der Waals surface area contributed by atoms with Crippen molar-refractivity contribution in [2.75, 3.05) is 36.0 Å². The number of carbonyl (C=O) groups is 1. The first-order valence-corrected chi connectivity index (χ1v) is 10.6. The maximum absolute atomic E-state index is 13.2. The van der Waals surface area contributed by atoms with Crippen LogP contribution in [0.15, 0.2) is 0 Å². The van der Waals surface area contributed by atoms with Gasteiger partial charge in [0.15, 0.2) is 16.5 Å². The van der Waals surface area contributed by atoms with E-state index in [4.69, 9.17) is 0 Å². The predicted molar refractivity (Wildman–Crippen MR) is 106 cm³/mol. The maximum atomic E-state index is 13.2. The number of hydrogen-bond acceptors (Lipinski definition) is 9. The third kappa shape index (κ3) is 3.54. The van der Waals surface area contributed by atoms with E-state index in [0.717, 1.165) is 16.0 Å². The fourth-order valence-electron chi connectivity index (χ4n) is 3.71. The lowest BCUT2D eigenvalue weighted by Gasteiger charge is -2.31. The van der Waals surface area contributed by atoms with Crippen molar-refractivity contribution in [1.82, 2.24) is 35.0 Å². The summed E-state index contributed by atoms with van der Waals surface area (Å²) in [6.07, 6.45) is -3.83. The van der Waals surface area contributed by atoms with Crippen molar-refractivity contribution in [3.8, 4) is 0 Å². The average molecular weight is 453 g/mol. The Labute approximate surface area is 178 Å². The molecule has 0 saturated carbocycles. The van der Waals surface area contributed by atoms with Crippen molar-refractivity contribution in [2.24, 2.45) is 0 Å². The summed E-state index contributed by atoms with van der Waals surface area (Å²) in [7, 11) is 0. The molecule has 14 heteroatoms. The van der Waals surface area contributed by atoms with Crippen LogP contribution >= 0.6 is 11.3 Å². The highest BCUT2D eigenvalue weighted by molar-refractivity contribution is 7.18. The molecule has 0 spiro atoms. The molecule has 0 aromatic carbocycles. The number of carbonyl (C=O) groups excluding carboxylic acids is 1. The monoisotopic (exact) mass is 453 g/mol. The zero-order valence-corrected chi connectivity index (χ0v) is 17.3. The normalized spacial score (nSPS) is 17.2. The SMILES string of the molecule is CCc1nc2c(N3CCn4c(nnc4C(F)(F)F)C3)nc(N3CCNC(=O)C3)nc2s1. The van der Waals surface area contributed by atoms with Crippen LogP contribution in [0.3, 0.4) is 0 Å². The van der Waals surface area contributed by atoms with E-state index in [2.05, 4.69) is 30.5 Å². The van der Waals surface area contributed by atoms with Crippen LogP contribution in [0.2, 0.25) is 0 Å². The van der Waals surface area contributed by atoms with Gasteiger partial charge in [0.25, 0.3) is 0 Å². The summed E-state index contributed by atoms with van der Waals surface area (Å²) < 4.78 is 40.6. The first-order valence-electron chi connectivity index (χ1n) is 9.77. The summed E-state index contributed by atoms with van der Waals surface area (Å²) in [6.45, 7) is 3.68. The molecule has 0 atom stereocenters. The average Bonchev–Trinajstić information content (AvgIpc) is 3.36. The van der Waals surface area contributed by atoms with Crippen LogP contribution in [0.1, 0.15) is 23.6 Å². The number of anilines is 2. The number of piperazine rings is 1. The van der Waals surface area contributed by atoms with Gasteiger partial charge in [0.2, 0.25) is 17.7 Å². The lowest BCUT2D eigenvalue weighted by molar-refractivity contribution is -0.147. The van der Waals surface area contributed by atoms with E-state index in [0.29, 0.717) is 41.7 Å². The van der Waals surface area contributed by atoms with Gasteiger partial charge in [0.05, 0.1) is 18.1 Å². The molecule has 1 N–H and O–H groups in total. The van der Waals surface area contributed by atoms with Crippen molar-refractivity contribution in [2.45, 2.75) is 32.6 Å². The van der Waals surface area contributed by atoms with E-state index in [9.17, 15) is 18.0 Å². The fourth-order valence-corrected chi connectivity index (χ4v) is 4.58. The van der Waals surface area contributed by atoms with Gasteiger partial charge in [0, 0.05) is 26.2 Å². The largest absolute Gasteiger partial charge is 0.451 e. The summed E-state index contributed by atoms with van der Waals surface area (Å²) >= 11 is 1.45. The smallest absolute Gasteiger partial charge is 0.353 e. The van der Waals surface area contributed by atoms with Crippen LogP contribution in [0.5, 0.6) is 0 Å². The number of hydrogen-bond donors (Lipinski definition) is 1. The molecule has 1 amide bonds. The van der Waals surface area contributed by atoms with Gasteiger partial charge in [-0.1, -0.05) is 18.3 Å². The van der Waals surface area contributed by atoms with Crippen LogP contribution in [-0.4, -0.2) is 61.8 Å². The summed E-state index contributed by atoms with van der Waals surface area (Å²) in [5.41, 5.74) is 0.607. The lowest BCUT2D eigenvalue weighted by Crippen LogP contribution is -2.48. The van der Waals surface area contributed by atoms with Crippen molar-refractivity contribution in [1.29, 1.82) is 0 Å². The topological polar surface area (TPSA) is 105 Å². The number of nitrogens with zero attached hydrogens (tertiary/aromatic N) is 8. The molecule has 164 valence electrons. The third-order valence-electron chi connectivity index (χ3n) is 5.20. The minimum Gasteiger partial charge on any atom is -0.353 e. The predicted octanol–water partition coefficient (Wildman–Crippen LogP) is 1.22. The summed E-state index contributed by atoms with van der Waals surface area (Å²) in [5, 5.41) is 10.7.